The van der Waals surface area contributed by atoms with Gasteiger partial charge < -0.3 is 4.74 Å². The van der Waals surface area contributed by atoms with Gasteiger partial charge in [0.25, 0.3) is 0 Å². The fraction of sp³-hybridized carbons (Fsp3) is 0.562. The summed E-state index contributed by atoms with van der Waals surface area (Å²) in [5, 5.41) is 0. The highest BCUT2D eigenvalue weighted by Crippen LogP contribution is 2.35. The number of ether oxygens (including phenoxy) is 1. The Morgan fingerprint density at radius 3 is 2.18 bits per heavy atom. The molecule has 1 aromatic carbocycles. The summed E-state index contributed by atoms with van der Waals surface area (Å²) in [5.74, 6) is -1.85. The summed E-state index contributed by atoms with van der Waals surface area (Å²) in [5.41, 5.74) is 2.03. The van der Waals surface area contributed by atoms with Crippen molar-refractivity contribution in [2.75, 3.05) is 6.67 Å². The van der Waals surface area contributed by atoms with Crippen molar-refractivity contribution in [2.24, 2.45) is 0 Å². The van der Waals surface area contributed by atoms with Crippen molar-refractivity contribution in [1.82, 2.24) is 0 Å². The zero-order chi connectivity index (χ0) is 16.2. The number of benzene rings is 1. The maximum atomic E-state index is 12.2. The molecule has 1 aromatic rings. The number of aryl methyl sites for hydroxylation is 1. The van der Waals surface area contributed by atoms with Gasteiger partial charge in [-0.25, -0.2) is 4.79 Å². The summed E-state index contributed by atoms with van der Waals surface area (Å²) in [7, 11) is 0. The fourth-order valence-electron chi connectivity index (χ4n) is 2.80. The van der Waals surface area contributed by atoms with E-state index < -0.39 is 24.9 Å². The zero-order valence-corrected chi connectivity index (χ0v) is 12.0. The fourth-order valence-corrected chi connectivity index (χ4v) is 2.80. The van der Waals surface area contributed by atoms with Gasteiger partial charge in [-0.3, -0.25) is 4.39 Å². The molecule has 0 amide bonds. The van der Waals surface area contributed by atoms with Crippen molar-refractivity contribution >= 4 is 5.97 Å². The number of carbonyl (C=O) groups excluding carboxylic acids is 1. The van der Waals surface area contributed by atoms with Gasteiger partial charge in [-0.05, 0) is 42.7 Å². The number of rotatable bonds is 4. The Morgan fingerprint density at radius 1 is 1.09 bits per heavy atom. The van der Waals surface area contributed by atoms with Gasteiger partial charge in [-0.15, -0.1) is 0 Å². The summed E-state index contributed by atoms with van der Waals surface area (Å²) in [4.78, 5) is 10.8. The van der Waals surface area contributed by atoms with Crippen LogP contribution in [0.25, 0.3) is 0 Å². The molecule has 0 radical (unpaired) electrons. The monoisotopic (exact) mass is 318 g/mol. The van der Waals surface area contributed by atoms with Crippen molar-refractivity contribution < 1.29 is 27.1 Å². The number of esters is 1. The molecule has 1 saturated carbocycles. The molecule has 0 atom stereocenters. The van der Waals surface area contributed by atoms with Crippen LogP contribution >= 0.6 is 0 Å². The first-order valence-corrected chi connectivity index (χ1v) is 7.32. The van der Waals surface area contributed by atoms with E-state index in [2.05, 4.69) is 4.74 Å². The zero-order valence-electron chi connectivity index (χ0n) is 12.0. The predicted octanol–water partition coefficient (Wildman–Crippen LogP) is 4.33. The van der Waals surface area contributed by atoms with Crippen molar-refractivity contribution in [3.8, 4) is 0 Å². The Bertz CT molecular complexity index is 488. The van der Waals surface area contributed by atoms with E-state index in [-0.39, 0.29) is 5.92 Å². The molecule has 1 aliphatic carbocycles. The van der Waals surface area contributed by atoms with Crippen LogP contribution < -0.4 is 0 Å². The lowest BCUT2D eigenvalue weighted by molar-refractivity contribution is -0.206. The molecule has 0 unspecified atom stereocenters. The van der Waals surface area contributed by atoms with Crippen molar-refractivity contribution in [2.45, 2.75) is 50.3 Å². The Morgan fingerprint density at radius 2 is 1.68 bits per heavy atom. The SMILES string of the molecule is O=C(OC1CCC(c2ccc(CCF)cc2)CC1)C(F)(F)F. The van der Waals surface area contributed by atoms with Crippen molar-refractivity contribution in [3.05, 3.63) is 35.4 Å². The average molecular weight is 318 g/mol. The van der Waals surface area contributed by atoms with E-state index in [1.165, 1.54) is 0 Å². The Balaban J connectivity index is 1.85. The summed E-state index contributed by atoms with van der Waals surface area (Å²) in [6, 6.07) is 7.64. The normalized spacial score (nSPS) is 22.4. The van der Waals surface area contributed by atoms with E-state index in [1.54, 1.807) is 0 Å². The van der Waals surface area contributed by atoms with Crippen LogP contribution in [-0.2, 0) is 16.0 Å². The van der Waals surface area contributed by atoms with Crippen molar-refractivity contribution in [3.63, 3.8) is 0 Å². The van der Waals surface area contributed by atoms with E-state index in [4.69, 9.17) is 0 Å². The van der Waals surface area contributed by atoms with Gasteiger partial charge in [0.15, 0.2) is 0 Å². The van der Waals surface area contributed by atoms with Gasteiger partial charge in [0, 0.05) is 6.42 Å². The third-order valence-corrected chi connectivity index (χ3v) is 4.01. The second-order valence-corrected chi connectivity index (χ2v) is 5.56. The van der Waals surface area contributed by atoms with Crippen LogP contribution in [0.2, 0.25) is 0 Å². The molecular formula is C16H18F4O2. The molecule has 0 spiro atoms. The third kappa shape index (κ3) is 4.45. The van der Waals surface area contributed by atoms with E-state index in [0.717, 1.165) is 11.1 Å². The molecular weight excluding hydrogens is 300 g/mol. The first kappa shape index (κ1) is 16.8. The second kappa shape index (κ2) is 7.11. The molecule has 22 heavy (non-hydrogen) atoms. The van der Waals surface area contributed by atoms with Gasteiger partial charge in [-0.1, -0.05) is 24.3 Å². The lowest BCUT2D eigenvalue weighted by Gasteiger charge is -2.28. The number of hydrogen-bond donors (Lipinski definition) is 0. The van der Waals surface area contributed by atoms with E-state index in [9.17, 15) is 22.4 Å². The average Bonchev–Trinajstić information content (AvgIpc) is 2.48. The minimum Gasteiger partial charge on any atom is -0.456 e. The molecule has 0 aliphatic heterocycles. The minimum atomic E-state index is -4.93. The summed E-state index contributed by atoms with van der Waals surface area (Å²) < 4.78 is 53.2. The van der Waals surface area contributed by atoms with Gasteiger partial charge in [0.05, 0.1) is 6.67 Å². The summed E-state index contributed by atoms with van der Waals surface area (Å²) in [6.07, 6.45) is -2.98. The maximum Gasteiger partial charge on any atom is 0.490 e. The van der Waals surface area contributed by atoms with Gasteiger partial charge in [-0.2, -0.15) is 13.2 Å². The molecule has 0 saturated heterocycles. The van der Waals surface area contributed by atoms with Crippen LogP contribution in [0.3, 0.4) is 0 Å². The molecule has 122 valence electrons. The number of alkyl halides is 4. The van der Waals surface area contributed by atoms with Gasteiger partial charge in [0.1, 0.15) is 6.10 Å². The number of carbonyl (C=O) groups is 1. The minimum absolute atomic E-state index is 0.250. The highest BCUT2D eigenvalue weighted by atomic mass is 19.4. The number of halogens is 4. The summed E-state index contributed by atoms with van der Waals surface area (Å²) in [6.45, 7) is -0.394. The largest absolute Gasteiger partial charge is 0.490 e. The second-order valence-electron chi connectivity index (χ2n) is 5.56. The quantitative estimate of drug-likeness (QED) is 0.610. The molecule has 0 aromatic heterocycles. The molecule has 0 bridgehead atoms. The van der Waals surface area contributed by atoms with Crippen LogP contribution in [-0.4, -0.2) is 24.9 Å². The van der Waals surface area contributed by atoms with E-state index >= 15 is 0 Å². The highest BCUT2D eigenvalue weighted by molar-refractivity contribution is 5.75. The van der Waals surface area contributed by atoms with E-state index in [0.29, 0.717) is 32.1 Å². The Hall–Kier alpha value is -1.59. The molecule has 0 heterocycles. The van der Waals surface area contributed by atoms with Crippen LogP contribution in [0.4, 0.5) is 17.6 Å². The van der Waals surface area contributed by atoms with E-state index in [1.807, 2.05) is 24.3 Å². The highest BCUT2D eigenvalue weighted by Gasteiger charge is 2.42. The Labute approximate surface area is 126 Å². The first-order valence-electron chi connectivity index (χ1n) is 7.32. The van der Waals surface area contributed by atoms with Gasteiger partial charge >= 0.3 is 12.1 Å². The van der Waals surface area contributed by atoms with Crippen LogP contribution in [0.15, 0.2) is 24.3 Å². The molecule has 2 rings (SSSR count). The van der Waals surface area contributed by atoms with Gasteiger partial charge in [0.2, 0.25) is 0 Å². The molecule has 0 N–H and O–H groups in total. The smallest absolute Gasteiger partial charge is 0.456 e. The van der Waals surface area contributed by atoms with Crippen LogP contribution in [0.1, 0.15) is 42.7 Å². The van der Waals surface area contributed by atoms with Crippen molar-refractivity contribution in [1.29, 1.82) is 0 Å². The topological polar surface area (TPSA) is 26.3 Å². The standard InChI is InChI=1S/C16H18F4O2/c17-10-9-11-1-3-12(4-2-11)13-5-7-14(8-6-13)22-15(21)16(18,19)20/h1-4,13-14H,5-10H2. The summed E-state index contributed by atoms with van der Waals surface area (Å²) >= 11 is 0. The lowest BCUT2D eigenvalue weighted by Crippen LogP contribution is -2.32. The maximum absolute atomic E-state index is 12.2. The third-order valence-electron chi connectivity index (χ3n) is 4.01. The van der Waals surface area contributed by atoms with Crippen LogP contribution in [0.5, 0.6) is 0 Å². The molecule has 2 nitrogen and oxygen atoms in total. The number of hydrogen-bond acceptors (Lipinski definition) is 2. The first-order chi connectivity index (χ1) is 10.4. The molecule has 1 aliphatic rings. The Kier molecular flexibility index (Phi) is 5.42. The molecule has 6 heteroatoms. The lowest BCUT2D eigenvalue weighted by atomic mass is 9.82. The van der Waals surface area contributed by atoms with Crippen LogP contribution in [0, 0.1) is 0 Å². The predicted molar refractivity (Wildman–Crippen MR) is 73.3 cm³/mol. The molecule has 1 fully saturated rings.